The molecule has 1 saturated heterocycles. The van der Waals surface area contributed by atoms with Crippen LogP contribution in [0, 0.1) is 13.8 Å². The normalized spacial score (nSPS) is 15.9. The molecule has 0 radical (unpaired) electrons. The molecule has 0 aliphatic carbocycles. The monoisotopic (exact) mass is 470 g/mol. The highest BCUT2D eigenvalue weighted by molar-refractivity contribution is 7.99. The Kier molecular flexibility index (Phi) is 7.71. The van der Waals surface area contributed by atoms with Crippen molar-refractivity contribution >= 4 is 44.4 Å². The number of benzene rings is 2. The van der Waals surface area contributed by atoms with E-state index in [-0.39, 0.29) is 12.0 Å². The fourth-order valence-corrected chi connectivity index (χ4v) is 5.85. The van der Waals surface area contributed by atoms with Crippen LogP contribution in [0.15, 0.2) is 41.3 Å². The van der Waals surface area contributed by atoms with Gasteiger partial charge in [0.15, 0.2) is 5.13 Å². The van der Waals surface area contributed by atoms with Gasteiger partial charge in [0.05, 0.1) is 30.0 Å². The maximum absolute atomic E-state index is 13.3. The number of amides is 1. The summed E-state index contributed by atoms with van der Waals surface area (Å²) in [4.78, 5) is 21.2. The minimum absolute atomic E-state index is 0.0989. The smallest absolute Gasteiger partial charge is 0.228 e. The van der Waals surface area contributed by atoms with Gasteiger partial charge in [0.25, 0.3) is 0 Å². The number of carbonyl (C=O) groups excluding carboxylic acids is 1. The second-order valence-corrected chi connectivity index (χ2v) is 10.3. The maximum atomic E-state index is 13.3. The van der Waals surface area contributed by atoms with Gasteiger partial charge in [-0.15, -0.1) is 11.8 Å². The van der Waals surface area contributed by atoms with Gasteiger partial charge in [-0.1, -0.05) is 23.5 Å². The lowest BCUT2D eigenvalue weighted by atomic mass is 10.1. The quantitative estimate of drug-likeness (QED) is 0.283. The van der Waals surface area contributed by atoms with E-state index in [2.05, 4.69) is 38.1 Å². The van der Waals surface area contributed by atoms with Crippen molar-refractivity contribution in [1.29, 1.82) is 0 Å². The summed E-state index contributed by atoms with van der Waals surface area (Å²) in [6.45, 7) is 5.55. The van der Waals surface area contributed by atoms with Crippen LogP contribution in [-0.4, -0.2) is 43.0 Å². The molecule has 1 aromatic heterocycles. The Morgan fingerprint density at radius 2 is 2.00 bits per heavy atom. The van der Waals surface area contributed by atoms with Crippen molar-refractivity contribution in [3.8, 4) is 5.75 Å². The van der Waals surface area contributed by atoms with Crippen molar-refractivity contribution in [1.82, 2.24) is 4.98 Å². The largest absolute Gasteiger partial charge is 0.497 e. The molecule has 0 spiro atoms. The highest BCUT2D eigenvalue weighted by Gasteiger charge is 2.26. The maximum Gasteiger partial charge on any atom is 0.228 e. The first-order chi connectivity index (χ1) is 15.5. The van der Waals surface area contributed by atoms with Gasteiger partial charge in [0, 0.05) is 17.9 Å². The number of fused-ring (bicyclic) bond motifs is 1. The second kappa shape index (κ2) is 10.7. The van der Waals surface area contributed by atoms with Crippen LogP contribution in [0.4, 0.5) is 5.13 Å². The molecule has 1 amide bonds. The molecule has 3 aromatic rings. The zero-order valence-corrected chi connectivity index (χ0v) is 20.6. The lowest BCUT2D eigenvalue weighted by molar-refractivity contribution is -0.119. The van der Waals surface area contributed by atoms with Crippen LogP contribution in [0.25, 0.3) is 10.2 Å². The Balaban J connectivity index is 1.43. The zero-order valence-electron chi connectivity index (χ0n) is 18.9. The Morgan fingerprint density at radius 3 is 2.69 bits per heavy atom. The Bertz CT molecular complexity index is 1020. The van der Waals surface area contributed by atoms with Crippen LogP contribution >= 0.6 is 23.1 Å². The number of thioether (sulfide) groups is 1. The fourth-order valence-electron chi connectivity index (χ4n) is 3.86. The van der Waals surface area contributed by atoms with Crippen LogP contribution < -0.4 is 9.64 Å². The number of carbonyl (C=O) groups is 1. The average Bonchev–Trinajstić information content (AvgIpc) is 3.48. The molecule has 4 rings (SSSR count). The van der Waals surface area contributed by atoms with E-state index in [1.165, 1.54) is 15.2 Å². The minimum atomic E-state index is 0.0989. The zero-order chi connectivity index (χ0) is 22.5. The van der Waals surface area contributed by atoms with Crippen LogP contribution in [0.1, 0.15) is 36.8 Å². The molecule has 170 valence electrons. The number of methoxy groups -OCH3 is 1. The van der Waals surface area contributed by atoms with E-state index in [4.69, 9.17) is 14.5 Å². The molecule has 1 aliphatic heterocycles. The highest BCUT2D eigenvalue weighted by Crippen LogP contribution is 2.34. The van der Waals surface area contributed by atoms with E-state index in [9.17, 15) is 4.79 Å². The predicted octanol–water partition coefficient (Wildman–Crippen LogP) is 6.01. The summed E-state index contributed by atoms with van der Waals surface area (Å²) in [6, 6.07) is 12.3. The summed E-state index contributed by atoms with van der Waals surface area (Å²) in [5, 5.41) is 0.792. The summed E-state index contributed by atoms with van der Waals surface area (Å²) >= 11 is 3.38. The third kappa shape index (κ3) is 5.45. The summed E-state index contributed by atoms with van der Waals surface area (Å²) in [6.07, 6.45) is 3.48. The third-order valence-corrected chi connectivity index (χ3v) is 8.05. The molecule has 0 bridgehead atoms. The summed E-state index contributed by atoms with van der Waals surface area (Å²) in [7, 11) is 1.67. The van der Waals surface area contributed by atoms with Crippen LogP contribution in [0.5, 0.6) is 5.75 Å². The molecular formula is C25H30N2O3S2. The van der Waals surface area contributed by atoms with Crippen molar-refractivity contribution in [2.24, 2.45) is 0 Å². The van der Waals surface area contributed by atoms with Gasteiger partial charge in [-0.25, -0.2) is 4.98 Å². The molecule has 5 nitrogen and oxygen atoms in total. The van der Waals surface area contributed by atoms with Crippen LogP contribution in [0.2, 0.25) is 0 Å². The number of thiazole rings is 1. The summed E-state index contributed by atoms with van der Waals surface area (Å²) in [5.41, 5.74) is 3.36. The van der Waals surface area contributed by atoms with Gasteiger partial charge in [0.2, 0.25) is 5.91 Å². The highest BCUT2D eigenvalue weighted by atomic mass is 32.2. The molecule has 32 heavy (non-hydrogen) atoms. The number of aryl methyl sites for hydroxylation is 2. The molecular weight excluding hydrogens is 440 g/mol. The number of ether oxygens (including phenoxy) is 2. The molecule has 1 unspecified atom stereocenters. The fraction of sp³-hybridized carbons (Fsp3) is 0.440. The van der Waals surface area contributed by atoms with Gasteiger partial charge in [0.1, 0.15) is 5.75 Å². The Hall–Kier alpha value is -2.09. The van der Waals surface area contributed by atoms with Crippen LogP contribution in [-0.2, 0) is 9.53 Å². The van der Waals surface area contributed by atoms with Gasteiger partial charge >= 0.3 is 0 Å². The van der Waals surface area contributed by atoms with E-state index in [1.54, 1.807) is 30.2 Å². The number of nitrogens with zero attached hydrogens (tertiary/aromatic N) is 2. The number of rotatable bonds is 9. The molecule has 7 heteroatoms. The van der Waals surface area contributed by atoms with Crippen molar-refractivity contribution in [3.63, 3.8) is 0 Å². The molecule has 0 saturated carbocycles. The molecule has 2 heterocycles. The Morgan fingerprint density at radius 1 is 1.22 bits per heavy atom. The molecule has 1 atom stereocenters. The van der Waals surface area contributed by atoms with E-state index in [0.717, 1.165) is 53.6 Å². The third-order valence-electron chi connectivity index (χ3n) is 5.74. The first-order valence-corrected chi connectivity index (χ1v) is 12.9. The topological polar surface area (TPSA) is 51.7 Å². The van der Waals surface area contributed by atoms with E-state index < -0.39 is 0 Å². The van der Waals surface area contributed by atoms with Gasteiger partial charge in [-0.3, -0.25) is 9.69 Å². The van der Waals surface area contributed by atoms with E-state index >= 15 is 0 Å². The average molecular weight is 471 g/mol. The van der Waals surface area contributed by atoms with Crippen molar-refractivity contribution in [2.75, 3.05) is 30.9 Å². The molecule has 1 fully saturated rings. The number of aromatic nitrogens is 1. The van der Waals surface area contributed by atoms with E-state index in [1.807, 2.05) is 17.0 Å². The standard InChI is InChI=1S/C25H30N2O3S2/c1-17-8-9-18(2)24-23(17)26-25(32-24)27(16-20-6-4-14-30-20)22(28)7-5-15-31-21-12-10-19(29-3)11-13-21/h8-13,20H,4-7,14-16H2,1-3H3. The number of anilines is 1. The lowest BCUT2D eigenvalue weighted by Crippen LogP contribution is -2.37. The number of hydrogen-bond acceptors (Lipinski definition) is 6. The minimum Gasteiger partial charge on any atom is -0.497 e. The SMILES string of the molecule is COc1ccc(SCCCC(=O)N(CC2CCCO2)c2nc3c(C)ccc(C)c3s2)cc1. The molecule has 1 aliphatic rings. The Labute approximate surface area is 198 Å². The van der Waals surface area contributed by atoms with Crippen molar-refractivity contribution in [2.45, 2.75) is 50.5 Å². The first-order valence-electron chi connectivity index (χ1n) is 11.1. The molecule has 2 aromatic carbocycles. The first kappa shape index (κ1) is 23.1. The van der Waals surface area contributed by atoms with E-state index in [0.29, 0.717) is 13.0 Å². The van der Waals surface area contributed by atoms with Crippen LogP contribution in [0.3, 0.4) is 0 Å². The lowest BCUT2D eigenvalue weighted by Gasteiger charge is -2.23. The van der Waals surface area contributed by atoms with Gasteiger partial charge in [-0.2, -0.15) is 0 Å². The van der Waals surface area contributed by atoms with Crippen molar-refractivity contribution < 1.29 is 14.3 Å². The summed E-state index contributed by atoms with van der Waals surface area (Å²) in [5.74, 6) is 1.88. The van der Waals surface area contributed by atoms with Crippen molar-refractivity contribution in [3.05, 3.63) is 47.5 Å². The summed E-state index contributed by atoms with van der Waals surface area (Å²) < 4.78 is 12.2. The van der Waals surface area contributed by atoms with Gasteiger partial charge in [-0.05, 0) is 74.3 Å². The second-order valence-electron chi connectivity index (χ2n) is 8.14. The predicted molar refractivity (Wildman–Crippen MR) is 133 cm³/mol. The van der Waals surface area contributed by atoms with Gasteiger partial charge < -0.3 is 9.47 Å². The number of hydrogen-bond donors (Lipinski definition) is 0. The molecule has 0 N–H and O–H groups in total.